The Morgan fingerprint density at radius 1 is 1.64 bits per heavy atom. The molecule has 74 valence electrons. The van der Waals surface area contributed by atoms with Crippen molar-refractivity contribution in [3.8, 4) is 5.75 Å². The summed E-state index contributed by atoms with van der Waals surface area (Å²) in [7, 11) is 0. The van der Waals surface area contributed by atoms with E-state index in [0.717, 1.165) is 10.0 Å². The number of hydrogen-bond acceptors (Lipinski definition) is 3. The van der Waals surface area contributed by atoms with Crippen molar-refractivity contribution in [3.63, 3.8) is 0 Å². The minimum Gasteiger partial charge on any atom is -0.490 e. The monoisotopic (exact) mass is 257 g/mol. The largest absolute Gasteiger partial charge is 0.490 e. The molecule has 1 heterocycles. The molecule has 2 rings (SSSR count). The van der Waals surface area contributed by atoms with Crippen molar-refractivity contribution in [3.05, 3.63) is 27.7 Å². The minimum atomic E-state index is -0.997. The first-order chi connectivity index (χ1) is 6.61. The predicted octanol–water partition coefficient (Wildman–Crippen LogP) is 1.54. The van der Waals surface area contributed by atoms with Crippen LogP contribution >= 0.6 is 15.9 Å². The van der Waals surface area contributed by atoms with Crippen molar-refractivity contribution < 1.29 is 14.6 Å². The van der Waals surface area contributed by atoms with E-state index in [2.05, 4.69) is 15.9 Å². The van der Waals surface area contributed by atoms with Crippen LogP contribution in [0.1, 0.15) is 22.0 Å². The molecule has 1 aliphatic heterocycles. The zero-order valence-electron chi connectivity index (χ0n) is 7.16. The zero-order valence-corrected chi connectivity index (χ0v) is 8.74. The summed E-state index contributed by atoms with van der Waals surface area (Å²) in [6, 6.07) is 2.93. The van der Waals surface area contributed by atoms with E-state index in [1.807, 2.05) is 0 Å². The lowest BCUT2D eigenvalue weighted by Crippen LogP contribution is -2.11. The van der Waals surface area contributed by atoms with Gasteiger partial charge < -0.3 is 15.6 Å². The van der Waals surface area contributed by atoms with Gasteiger partial charge in [0.05, 0.1) is 6.04 Å². The third kappa shape index (κ3) is 1.29. The molecule has 0 bridgehead atoms. The Balaban J connectivity index is 2.64. The number of hydrogen-bond donors (Lipinski definition) is 2. The Morgan fingerprint density at radius 2 is 2.36 bits per heavy atom. The quantitative estimate of drug-likeness (QED) is 0.801. The molecule has 0 fully saturated rings. The molecule has 0 saturated carbocycles. The van der Waals surface area contributed by atoms with Gasteiger partial charge in [0.1, 0.15) is 17.9 Å². The molecule has 0 radical (unpaired) electrons. The molecule has 0 aliphatic carbocycles. The number of rotatable bonds is 1. The summed E-state index contributed by atoms with van der Waals surface area (Å²) < 4.78 is 6.04. The molecule has 3 N–H and O–H groups in total. The number of fused-ring (bicyclic) bond motifs is 1. The Bertz CT molecular complexity index is 405. The molecule has 5 heteroatoms. The van der Waals surface area contributed by atoms with Crippen LogP contribution in [0.5, 0.6) is 5.75 Å². The molecule has 0 amide bonds. The van der Waals surface area contributed by atoms with Crippen molar-refractivity contribution >= 4 is 21.9 Å². The molecule has 0 spiro atoms. The summed E-state index contributed by atoms with van der Waals surface area (Å²) in [6.07, 6.45) is 0. The number of carboxylic acids is 1. The molecule has 1 atom stereocenters. The van der Waals surface area contributed by atoms with E-state index in [9.17, 15) is 4.79 Å². The van der Waals surface area contributed by atoms with Gasteiger partial charge in [0.15, 0.2) is 0 Å². The van der Waals surface area contributed by atoms with Gasteiger partial charge in [0, 0.05) is 10.0 Å². The van der Waals surface area contributed by atoms with Gasteiger partial charge in [-0.3, -0.25) is 0 Å². The van der Waals surface area contributed by atoms with E-state index in [0.29, 0.717) is 12.4 Å². The van der Waals surface area contributed by atoms with E-state index in [1.165, 1.54) is 6.07 Å². The molecule has 0 saturated heterocycles. The number of ether oxygens (including phenoxy) is 1. The third-order valence-electron chi connectivity index (χ3n) is 2.15. The van der Waals surface area contributed by atoms with E-state index in [-0.39, 0.29) is 11.6 Å². The smallest absolute Gasteiger partial charge is 0.339 e. The van der Waals surface area contributed by atoms with Gasteiger partial charge in [-0.2, -0.15) is 0 Å². The fraction of sp³-hybridized carbons (Fsp3) is 0.222. The second-order valence-electron chi connectivity index (χ2n) is 3.06. The van der Waals surface area contributed by atoms with Gasteiger partial charge in [-0.1, -0.05) is 15.9 Å². The van der Waals surface area contributed by atoms with E-state index >= 15 is 0 Å². The van der Waals surface area contributed by atoms with Gasteiger partial charge in [-0.15, -0.1) is 0 Å². The second kappa shape index (κ2) is 3.25. The maximum absolute atomic E-state index is 10.8. The Morgan fingerprint density at radius 3 is 3.00 bits per heavy atom. The van der Waals surface area contributed by atoms with Crippen molar-refractivity contribution in [2.75, 3.05) is 6.61 Å². The Kier molecular flexibility index (Phi) is 2.20. The minimum absolute atomic E-state index is 0.163. The molecule has 4 nitrogen and oxygen atoms in total. The van der Waals surface area contributed by atoms with E-state index in [1.54, 1.807) is 6.07 Å². The van der Waals surface area contributed by atoms with Crippen molar-refractivity contribution in [1.82, 2.24) is 0 Å². The number of aromatic carboxylic acids is 1. The highest BCUT2D eigenvalue weighted by Gasteiger charge is 2.28. The van der Waals surface area contributed by atoms with Crippen molar-refractivity contribution in [1.29, 1.82) is 0 Å². The fourth-order valence-corrected chi connectivity index (χ4v) is 2.11. The topological polar surface area (TPSA) is 72.5 Å². The van der Waals surface area contributed by atoms with Gasteiger partial charge in [0.2, 0.25) is 0 Å². The molecular formula is C9H8BrNO3. The maximum Gasteiger partial charge on any atom is 0.339 e. The highest BCUT2D eigenvalue weighted by molar-refractivity contribution is 9.10. The SMILES string of the molecule is NC1COc2c(C(=O)O)ccc(Br)c21. The molecular weight excluding hydrogens is 250 g/mol. The lowest BCUT2D eigenvalue weighted by molar-refractivity contribution is 0.0693. The fourth-order valence-electron chi connectivity index (χ4n) is 1.50. The van der Waals surface area contributed by atoms with Crippen molar-refractivity contribution in [2.24, 2.45) is 5.73 Å². The first-order valence-corrected chi connectivity index (χ1v) is 4.84. The summed E-state index contributed by atoms with van der Waals surface area (Å²) in [6.45, 7) is 0.332. The van der Waals surface area contributed by atoms with Crippen LogP contribution in [-0.2, 0) is 0 Å². The number of halogens is 1. The van der Waals surface area contributed by atoms with Crippen LogP contribution in [0, 0.1) is 0 Å². The van der Waals surface area contributed by atoms with Gasteiger partial charge in [-0.05, 0) is 12.1 Å². The second-order valence-corrected chi connectivity index (χ2v) is 3.91. The number of carbonyl (C=O) groups is 1. The van der Waals surface area contributed by atoms with Crippen LogP contribution in [-0.4, -0.2) is 17.7 Å². The predicted molar refractivity (Wildman–Crippen MR) is 53.5 cm³/mol. The summed E-state index contributed by atoms with van der Waals surface area (Å²) in [5.41, 5.74) is 6.67. The van der Waals surface area contributed by atoms with Gasteiger partial charge in [-0.25, -0.2) is 4.79 Å². The van der Waals surface area contributed by atoms with Gasteiger partial charge in [0.25, 0.3) is 0 Å². The summed E-state index contributed by atoms with van der Waals surface area (Å²) >= 11 is 3.32. The van der Waals surface area contributed by atoms with Crippen LogP contribution in [0.3, 0.4) is 0 Å². The molecule has 1 aromatic rings. The third-order valence-corrected chi connectivity index (χ3v) is 2.84. The lowest BCUT2D eigenvalue weighted by Gasteiger charge is -2.06. The summed E-state index contributed by atoms with van der Waals surface area (Å²) in [5.74, 6) is -0.609. The molecule has 1 aliphatic rings. The van der Waals surface area contributed by atoms with E-state index in [4.69, 9.17) is 15.6 Å². The van der Waals surface area contributed by atoms with Crippen molar-refractivity contribution in [2.45, 2.75) is 6.04 Å². The standard InChI is InChI=1S/C9H8BrNO3/c10-5-2-1-4(9(12)13)8-7(5)6(11)3-14-8/h1-2,6H,3,11H2,(H,12,13). The highest BCUT2D eigenvalue weighted by Crippen LogP contribution is 2.39. The number of nitrogens with two attached hydrogens (primary N) is 1. The van der Waals surface area contributed by atoms with E-state index < -0.39 is 5.97 Å². The summed E-state index contributed by atoms with van der Waals surface area (Å²) in [5, 5.41) is 8.89. The lowest BCUT2D eigenvalue weighted by atomic mass is 10.1. The first kappa shape index (κ1) is 9.48. The maximum atomic E-state index is 10.8. The van der Waals surface area contributed by atoms with Crippen LogP contribution in [0.25, 0.3) is 0 Å². The molecule has 14 heavy (non-hydrogen) atoms. The Labute approximate surface area is 88.8 Å². The highest BCUT2D eigenvalue weighted by atomic mass is 79.9. The zero-order chi connectivity index (χ0) is 10.3. The number of carboxylic acid groups (broad SMARTS) is 1. The molecule has 0 aromatic heterocycles. The molecule has 1 aromatic carbocycles. The summed E-state index contributed by atoms with van der Waals surface area (Å²) in [4.78, 5) is 10.8. The molecule has 1 unspecified atom stereocenters. The van der Waals surface area contributed by atoms with Crippen LogP contribution in [0.15, 0.2) is 16.6 Å². The average molecular weight is 258 g/mol. The Hall–Kier alpha value is -1.07. The average Bonchev–Trinajstić information content (AvgIpc) is 2.49. The number of benzene rings is 1. The normalized spacial score (nSPS) is 18.9. The first-order valence-electron chi connectivity index (χ1n) is 4.05. The van der Waals surface area contributed by atoms with Crippen LogP contribution < -0.4 is 10.5 Å². The van der Waals surface area contributed by atoms with Crippen LogP contribution in [0.2, 0.25) is 0 Å². The van der Waals surface area contributed by atoms with Crippen LogP contribution in [0.4, 0.5) is 0 Å². The van der Waals surface area contributed by atoms with Gasteiger partial charge >= 0.3 is 5.97 Å².